The van der Waals surface area contributed by atoms with Crippen molar-refractivity contribution in [2.45, 2.75) is 23.9 Å². The number of alkyl halides is 3. The summed E-state index contributed by atoms with van der Waals surface area (Å²) in [4.78, 5) is 9.57. The number of nitrogens with zero attached hydrogens (tertiary/aromatic N) is 1. The van der Waals surface area contributed by atoms with Crippen LogP contribution in [0.25, 0.3) is 0 Å². The van der Waals surface area contributed by atoms with Gasteiger partial charge in [-0.2, -0.15) is 21.6 Å². The molecule has 0 saturated carbocycles. The Morgan fingerprint density at radius 3 is 2.39 bits per heavy atom. The molecule has 0 radical (unpaired) electrons. The monoisotopic (exact) mass is 279 g/mol. The molecule has 0 aliphatic heterocycles. The average molecular weight is 279 g/mol. The van der Waals surface area contributed by atoms with Crippen molar-refractivity contribution in [1.82, 2.24) is 0 Å². The quantitative estimate of drug-likeness (QED) is 0.627. The Balaban J connectivity index is 3.12. The van der Waals surface area contributed by atoms with Gasteiger partial charge in [0.1, 0.15) is 0 Å². The lowest BCUT2D eigenvalue weighted by Crippen LogP contribution is -2.10. The molecule has 0 aromatic heterocycles. The fraction of sp³-hybridized carbons (Fsp3) is 0.300. The van der Waals surface area contributed by atoms with E-state index in [1.165, 1.54) is 18.2 Å². The minimum Gasteiger partial charge on any atom is -0.210 e. The van der Waals surface area contributed by atoms with Gasteiger partial charge in [-0.1, -0.05) is 22.6 Å². The van der Waals surface area contributed by atoms with Crippen LogP contribution in [0.1, 0.15) is 12.0 Å². The van der Waals surface area contributed by atoms with Crippen LogP contribution in [0.3, 0.4) is 0 Å². The average Bonchev–Trinajstić information content (AvgIpc) is 2.26. The third-order valence-corrected chi connectivity index (χ3v) is 3.35. The predicted molar refractivity (Wildman–Crippen MR) is 56.1 cm³/mol. The summed E-state index contributed by atoms with van der Waals surface area (Å²) in [6.45, 7) is 0. The van der Waals surface area contributed by atoms with Crippen molar-refractivity contribution in [3.63, 3.8) is 0 Å². The molecule has 8 heteroatoms. The summed E-state index contributed by atoms with van der Waals surface area (Å²) in [5, 5.41) is 0. The van der Waals surface area contributed by atoms with Crippen LogP contribution < -0.4 is 0 Å². The molecule has 1 rings (SSSR count). The Morgan fingerprint density at radius 1 is 1.22 bits per heavy atom. The fourth-order valence-electron chi connectivity index (χ4n) is 1.34. The van der Waals surface area contributed by atoms with E-state index in [-0.39, 0.29) is 5.56 Å². The minimum atomic E-state index is -4.38. The largest absolute Gasteiger partial charge is 0.389 e. The molecule has 0 bridgehead atoms. The van der Waals surface area contributed by atoms with Crippen molar-refractivity contribution in [2.75, 3.05) is 0 Å². The molecule has 0 atom stereocenters. The lowest BCUT2D eigenvalue weighted by atomic mass is 10.1. The summed E-state index contributed by atoms with van der Waals surface area (Å²) in [7, 11) is -4.27. The molecule has 0 spiro atoms. The molecule has 0 saturated heterocycles. The van der Waals surface area contributed by atoms with Gasteiger partial charge in [-0.25, -0.2) is 4.79 Å². The van der Waals surface area contributed by atoms with Gasteiger partial charge in [0, 0.05) is 6.42 Å². The van der Waals surface area contributed by atoms with Crippen molar-refractivity contribution in [2.24, 2.45) is 4.40 Å². The third kappa shape index (κ3) is 3.97. The highest BCUT2D eigenvalue weighted by Crippen LogP contribution is 2.25. The lowest BCUT2D eigenvalue weighted by Gasteiger charge is -2.08. The first-order valence-electron chi connectivity index (χ1n) is 4.75. The topological polar surface area (TPSA) is 63.6 Å². The van der Waals surface area contributed by atoms with Gasteiger partial charge in [0.25, 0.3) is 16.1 Å². The summed E-state index contributed by atoms with van der Waals surface area (Å²) in [6, 6.07) is 5.10. The zero-order valence-electron chi connectivity index (χ0n) is 8.94. The second kappa shape index (κ2) is 5.32. The Kier molecular flexibility index (Phi) is 4.26. The van der Waals surface area contributed by atoms with Gasteiger partial charge in [0.2, 0.25) is 0 Å². The normalized spacial score (nSPS) is 11.9. The number of rotatable bonds is 4. The number of carbonyl (C=O) groups excluding carboxylic acids is 1. The highest BCUT2D eigenvalue weighted by atomic mass is 32.2. The summed E-state index contributed by atoms with van der Waals surface area (Å²) in [6.07, 6.45) is -5.15. The maximum Gasteiger partial charge on any atom is 0.389 e. The number of aryl methyl sites for hydroxylation is 1. The first-order chi connectivity index (χ1) is 8.26. The van der Waals surface area contributed by atoms with Crippen LogP contribution in [-0.4, -0.2) is 20.7 Å². The Labute approximate surface area is 101 Å². The summed E-state index contributed by atoms with van der Waals surface area (Å²) >= 11 is 0. The van der Waals surface area contributed by atoms with Gasteiger partial charge >= 0.3 is 6.18 Å². The zero-order valence-corrected chi connectivity index (χ0v) is 9.75. The van der Waals surface area contributed by atoms with Gasteiger partial charge in [0.05, 0.1) is 4.90 Å². The molecule has 0 aliphatic rings. The van der Waals surface area contributed by atoms with Crippen LogP contribution in [0.5, 0.6) is 0 Å². The Bertz CT molecular complexity index is 574. The van der Waals surface area contributed by atoms with E-state index in [0.717, 1.165) is 12.1 Å². The first kappa shape index (κ1) is 14.4. The van der Waals surface area contributed by atoms with Crippen LogP contribution in [0.15, 0.2) is 33.6 Å². The third-order valence-electron chi connectivity index (χ3n) is 2.09. The summed E-state index contributed by atoms with van der Waals surface area (Å²) < 4.78 is 61.8. The Hall–Kier alpha value is -1.66. The number of halogens is 3. The smallest absolute Gasteiger partial charge is 0.210 e. The van der Waals surface area contributed by atoms with Crippen molar-refractivity contribution >= 4 is 16.1 Å². The van der Waals surface area contributed by atoms with Crippen LogP contribution in [0.4, 0.5) is 13.2 Å². The molecular formula is C10H8F3NO3S. The van der Waals surface area contributed by atoms with Crippen molar-refractivity contribution in [3.05, 3.63) is 29.8 Å². The maximum atomic E-state index is 12.1. The van der Waals surface area contributed by atoms with Crippen LogP contribution in [-0.2, 0) is 21.2 Å². The standard InChI is InChI=1S/C10H8F3NO3S/c11-10(12,13)6-5-8-3-1-2-4-9(8)18(16,17)14-7-15/h1-4H,5-6H2. The first-order valence-corrected chi connectivity index (χ1v) is 6.19. The number of hydrogen-bond donors (Lipinski definition) is 0. The molecule has 1 aromatic rings. The summed E-state index contributed by atoms with van der Waals surface area (Å²) in [5.74, 6) is 0. The second-order valence-electron chi connectivity index (χ2n) is 3.38. The van der Waals surface area contributed by atoms with Crippen LogP contribution in [0, 0.1) is 0 Å². The number of isocyanates is 1. The molecule has 0 unspecified atom stereocenters. The minimum absolute atomic E-state index is 0.0335. The van der Waals surface area contributed by atoms with E-state index in [0.29, 0.717) is 0 Å². The van der Waals surface area contributed by atoms with E-state index in [4.69, 9.17) is 0 Å². The molecule has 98 valence electrons. The van der Waals surface area contributed by atoms with Crippen molar-refractivity contribution in [3.8, 4) is 0 Å². The molecular weight excluding hydrogens is 271 g/mol. The zero-order chi connectivity index (χ0) is 13.8. The molecule has 1 aromatic carbocycles. The number of benzene rings is 1. The molecule has 18 heavy (non-hydrogen) atoms. The molecule has 0 amide bonds. The maximum absolute atomic E-state index is 12.1. The number of hydrogen-bond acceptors (Lipinski definition) is 3. The Morgan fingerprint density at radius 2 is 1.83 bits per heavy atom. The van der Waals surface area contributed by atoms with E-state index in [9.17, 15) is 26.4 Å². The molecule has 0 N–H and O–H groups in total. The molecule has 4 nitrogen and oxygen atoms in total. The predicted octanol–water partition coefficient (Wildman–Crippen LogP) is 2.21. The fourth-order valence-corrected chi connectivity index (χ4v) is 2.29. The van der Waals surface area contributed by atoms with E-state index in [1.54, 1.807) is 0 Å². The van der Waals surface area contributed by atoms with Gasteiger partial charge in [-0.05, 0) is 18.1 Å². The van der Waals surface area contributed by atoms with Crippen molar-refractivity contribution < 1.29 is 26.4 Å². The summed E-state index contributed by atoms with van der Waals surface area (Å²) in [5.41, 5.74) is -0.0335. The van der Waals surface area contributed by atoms with E-state index < -0.39 is 33.9 Å². The molecule has 0 fully saturated rings. The van der Waals surface area contributed by atoms with E-state index >= 15 is 0 Å². The number of sulfonamides is 1. The van der Waals surface area contributed by atoms with Crippen molar-refractivity contribution in [1.29, 1.82) is 0 Å². The van der Waals surface area contributed by atoms with Gasteiger partial charge in [0.15, 0.2) is 0 Å². The van der Waals surface area contributed by atoms with Gasteiger partial charge in [-0.3, -0.25) is 0 Å². The second-order valence-corrected chi connectivity index (χ2v) is 4.95. The molecule has 0 aliphatic carbocycles. The highest BCUT2D eigenvalue weighted by Gasteiger charge is 2.28. The van der Waals surface area contributed by atoms with E-state index in [1.807, 2.05) is 0 Å². The van der Waals surface area contributed by atoms with Crippen LogP contribution in [0.2, 0.25) is 0 Å². The van der Waals surface area contributed by atoms with Gasteiger partial charge in [-0.15, -0.1) is 0 Å². The lowest BCUT2D eigenvalue weighted by molar-refractivity contribution is -0.134. The highest BCUT2D eigenvalue weighted by molar-refractivity contribution is 7.90. The van der Waals surface area contributed by atoms with E-state index in [2.05, 4.69) is 4.40 Å². The molecule has 0 heterocycles. The van der Waals surface area contributed by atoms with Crippen LogP contribution >= 0.6 is 0 Å². The van der Waals surface area contributed by atoms with Gasteiger partial charge < -0.3 is 0 Å². The SMILES string of the molecule is O=C=NS(=O)(=O)c1ccccc1CCC(F)(F)F.